The van der Waals surface area contributed by atoms with E-state index in [4.69, 9.17) is 14.9 Å². The largest absolute Gasteiger partial charge is 0.508 e. The Balaban J connectivity index is 1.96. The highest BCUT2D eigenvalue weighted by atomic mass is 16.5. The van der Waals surface area contributed by atoms with Gasteiger partial charge in [0.2, 0.25) is 0 Å². The molecule has 3 unspecified atom stereocenters. The summed E-state index contributed by atoms with van der Waals surface area (Å²) in [4.78, 5) is 0. The van der Waals surface area contributed by atoms with Crippen molar-refractivity contribution in [1.82, 2.24) is 0 Å². The van der Waals surface area contributed by atoms with Gasteiger partial charge in [0.15, 0.2) is 0 Å². The summed E-state index contributed by atoms with van der Waals surface area (Å²) in [7, 11) is 0. The van der Waals surface area contributed by atoms with Crippen LogP contribution in [-0.4, -0.2) is 34.1 Å². The van der Waals surface area contributed by atoms with E-state index < -0.39 is 6.10 Å². The molecule has 1 aliphatic carbocycles. The van der Waals surface area contributed by atoms with Crippen LogP contribution in [0.25, 0.3) is 0 Å². The van der Waals surface area contributed by atoms with E-state index in [9.17, 15) is 5.11 Å². The quantitative estimate of drug-likeness (QED) is 0.642. The molecule has 0 aromatic heterocycles. The lowest BCUT2D eigenvalue weighted by molar-refractivity contribution is 0.193. The molecule has 4 nitrogen and oxygen atoms in total. The molecule has 1 fully saturated rings. The molecule has 1 aromatic carbocycles. The van der Waals surface area contributed by atoms with E-state index in [2.05, 4.69) is 0 Å². The van der Waals surface area contributed by atoms with Crippen LogP contribution in [-0.2, 0) is 0 Å². The summed E-state index contributed by atoms with van der Waals surface area (Å²) in [5, 5.41) is 27.1. The number of phenolic OH excluding ortho intramolecular Hbond substituents is 1. The smallest absolute Gasteiger partial charge is 0.133 e. The second kappa shape index (κ2) is 3.48. The molecule has 0 saturated heterocycles. The Morgan fingerprint density at radius 2 is 1.86 bits per heavy atom. The van der Waals surface area contributed by atoms with Gasteiger partial charge in [-0.1, -0.05) is 0 Å². The predicted molar refractivity (Wildman–Crippen MR) is 49.1 cm³/mol. The van der Waals surface area contributed by atoms with Crippen LogP contribution in [0.4, 0.5) is 0 Å². The zero-order chi connectivity index (χ0) is 10.1. The lowest BCUT2D eigenvalue weighted by atomic mass is 10.3. The van der Waals surface area contributed by atoms with Crippen LogP contribution in [0.3, 0.4) is 0 Å². The van der Waals surface area contributed by atoms with Crippen LogP contribution in [0.5, 0.6) is 11.5 Å². The summed E-state index contributed by atoms with van der Waals surface area (Å²) in [6, 6.07) is 6.26. The van der Waals surface area contributed by atoms with Crippen molar-refractivity contribution < 1.29 is 20.1 Å². The van der Waals surface area contributed by atoms with Crippen LogP contribution in [0.1, 0.15) is 0 Å². The van der Waals surface area contributed by atoms with E-state index in [1.807, 2.05) is 0 Å². The summed E-state index contributed by atoms with van der Waals surface area (Å²) in [6.07, 6.45) is -0.890. The van der Waals surface area contributed by atoms with Gasteiger partial charge in [0.05, 0.1) is 18.6 Å². The van der Waals surface area contributed by atoms with Crippen molar-refractivity contribution in [1.29, 1.82) is 0 Å². The molecule has 0 heterocycles. The van der Waals surface area contributed by atoms with Gasteiger partial charge in [-0.15, -0.1) is 0 Å². The second-order valence-corrected chi connectivity index (χ2v) is 3.41. The molecule has 1 aromatic rings. The molecular weight excluding hydrogens is 184 g/mol. The molecule has 14 heavy (non-hydrogen) atoms. The molecular formula is C10H12O4. The first-order valence-electron chi connectivity index (χ1n) is 4.47. The fourth-order valence-corrected chi connectivity index (χ4v) is 1.38. The third-order valence-electron chi connectivity index (χ3n) is 2.38. The van der Waals surface area contributed by atoms with Crippen molar-refractivity contribution in [3.63, 3.8) is 0 Å². The van der Waals surface area contributed by atoms with Crippen molar-refractivity contribution in [3.8, 4) is 11.5 Å². The second-order valence-electron chi connectivity index (χ2n) is 3.41. The van der Waals surface area contributed by atoms with Gasteiger partial charge in [-0.05, 0) is 24.3 Å². The van der Waals surface area contributed by atoms with E-state index in [1.54, 1.807) is 12.1 Å². The lowest BCUT2D eigenvalue weighted by Gasteiger charge is -2.04. The number of hydrogen-bond acceptors (Lipinski definition) is 4. The molecule has 76 valence electrons. The zero-order valence-electron chi connectivity index (χ0n) is 7.50. The first-order valence-corrected chi connectivity index (χ1v) is 4.47. The number of benzene rings is 1. The van der Waals surface area contributed by atoms with Crippen LogP contribution in [0.2, 0.25) is 0 Å². The van der Waals surface area contributed by atoms with Crippen molar-refractivity contribution in [2.24, 2.45) is 5.92 Å². The van der Waals surface area contributed by atoms with Crippen molar-refractivity contribution in [3.05, 3.63) is 24.3 Å². The van der Waals surface area contributed by atoms with Gasteiger partial charge in [-0.3, -0.25) is 0 Å². The fraction of sp³-hybridized carbons (Fsp3) is 0.400. The number of rotatable bonds is 3. The topological polar surface area (TPSA) is 69.9 Å². The van der Waals surface area contributed by atoms with E-state index in [0.29, 0.717) is 5.75 Å². The maximum atomic E-state index is 9.27. The van der Waals surface area contributed by atoms with Gasteiger partial charge in [0.1, 0.15) is 17.6 Å². The zero-order valence-corrected chi connectivity index (χ0v) is 7.50. The molecule has 1 saturated carbocycles. The summed E-state index contributed by atoms with van der Waals surface area (Å²) >= 11 is 0. The molecule has 3 atom stereocenters. The summed E-state index contributed by atoms with van der Waals surface area (Å²) in [5.41, 5.74) is 0. The van der Waals surface area contributed by atoms with Gasteiger partial charge < -0.3 is 20.1 Å². The number of ether oxygens (including phenoxy) is 1. The number of aliphatic hydroxyl groups is 2. The van der Waals surface area contributed by atoms with Crippen LogP contribution in [0.15, 0.2) is 24.3 Å². The SMILES string of the molecule is OCC1C(O)C1Oc1ccc(O)cc1. The lowest BCUT2D eigenvalue weighted by Crippen LogP contribution is -2.03. The van der Waals surface area contributed by atoms with Crippen molar-refractivity contribution in [2.75, 3.05) is 6.61 Å². The molecule has 1 aliphatic rings. The Morgan fingerprint density at radius 3 is 2.36 bits per heavy atom. The summed E-state index contributed by atoms with van der Waals surface area (Å²) < 4.78 is 5.37. The predicted octanol–water partition coefficient (Wildman–Crippen LogP) is 0.123. The standard InChI is InChI=1S/C10H12O4/c11-5-8-9(13)10(8)14-7-3-1-6(12)2-4-7/h1-4,8-13H,5H2. The van der Waals surface area contributed by atoms with Crippen molar-refractivity contribution >= 4 is 0 Å². The molecule has 2 rings (SSSR count). The highest BCUT2D eigenvalue weighted by Crippen LogP contribution is 2.35. The number of phenols is 1. The minimum atomic E-state index is -0.575. The van der Waals surface area contributed by atoms with Gasteiger partial charge in [-0.25, -0.2) is 0 Å². The maximum absolute atomic E-state index is 9.27. The number of aromatic hydroxyl groups is 1. The van der Waals surface area contributed by atoms with Gasteiger partial charge in [0.25, 0.3) is 0 Å². The molecule has 3 N–H and O–H groups in total. The first-order chi connectivity index (χ1) is 6.72. The average Bonchev–Trinajstić information content (AvgIpc) is 2.80. The highest BCUT2D eigenvalue weighted by Gasteiger charge is 2.51. The summed E-state index contributed by atoms with van der Waals surface area (Å²) in [5.74, 6) is 0.582. The average molecular weight is 196 g/mol. The Kier molecular flexibility index (Phi) is 2.31. The third-order valence-corrected chi connectivity index (χ3v) is 2.38. The maximum Gasteiger partial charge on any atom is 0.133 e. The van der Waals surface area contributed by atoms with E-state index in [0.717, 1.165) is 0 Å². The minimum Gasteiger partial charge on any atom is -0.508 e. The van der Waals surface area contributed by atoms with Crippen LogP contribution in [0, 0.1) is 5.92 Å². The molecule has 0 bridgehead atoms. The highest BCUT2D eigenvalue weighted by molar-refractivity contribution is 5.31. The molecule has 0 spiro atoms. The van der Waals surface area contributed by atoms with Gasteiger partial charge >= 0.3 is 0 Å². The first kappa shape index (κ1) is 9.30. The van der Waals surface area contributed by atoms with Gasteiger partial charge in [0, 0.05) is 0 Å². The fourth-order valence-electron chi connectivity index (χ4n) is 1.38. The molecule has 4 heteroatoms. The van der Waals surface area contributed by atoms with Crippen LogP contribution < -0.4 is 4.74 Å². The van der Waals surface area contributed by atoms with E-state index >= 15 is 0 Å². The number of hydrogen-bond donors (Lipinski definition) is 3. The Morgan fingerprint density at radius 1 is 1.21 bits per heavy atom. The van der Waals surface area contributed by atoms with E-state index in [1.165, 1.54) is 12.1 Å². The molecule has 0 aliphatic heterocycles. The monoisotopic (exact) mass is 196 g/mol. The van der Waals surface area contributed by atoms with Crippen LogP contribution >= 0.6 is 0 Å². The molecule has 0 radical (unpaired) electrons. The third kappa shape index (κ3) is 1.66. The molecule has 0 amide bonds. The van der Waals surface area contributed by atoms with Gasteiger partial charge in [-0.2, -0.15) is 0 Å². The Bertz CT molecular complexity index is 308. The Labute approximate surface area is 81.4 Å². The summed E-state index contributed by atoms with van der Waals surface area (Å²) in [6.45, 7) is -0.0656. The Hall–Kier alpha value is -1.26. The minimum absolute atomic E-state index is 0.0656. The number of aliphatic hydroxyl groups excluding tert-OH is 2. The van der Waals surface area contributed by atoms with Crippen molar-refractivity contribution in [2.45, 2.75) is 12.2 Å². The van der Waals surface area contributed by atoms with E-state index in [-0.39, 0.29) is 24.4 Å². The normalized spacial score (nSPS) is 30.0.